The molecule has 0 bridgehead atoms. The maximum absolute atomic E-state index is 5.97. The minimum absolute atomic E-state index is 0.255. The molecule has 0 amide bonds. The number of nitrogens with one attached hydrogen (secondary N) is 1. The molecule has 2 rings (SSSR count). The third-order valence-electron chi connectivity index (χ3n) is 3.67. The predicted molar refractivity (Wildman–Crippen MR) is 78.8 cm³/mol. The Morgan fingerprint density at radius 3 is 2.47 bits per heavy atom. The summed E-state index contributed by atoms with van der Waals surface area (Å²) in [5.74, 6) is 1.99. The van der Waals surface area contributed by atoms with Gasteiger partial charge >= 0.3 is 0 Å². The second-order valence-corrected chi connectivity index (χ2v) is 5.27. The van der Waals surface area contributed by atoms with Crippen LogP contribution >= 0.6 is 11.6 Å². The van der Waals surface area contributed by atoms with Gasteiger partial charge < -0.3 is 10.2 Å². The van der Waals surface area contributed by atoms with Gasteiger partial charge in [0.2, 0.25) is 17.2 Å². The van der Waals surface area contributed by atoms with Crippen molar-refractivity contribution in [2.45, 2.75) is 39.5 Å². The van der Waals surface area contributed by atoms with Crippen LogP contribution in [0.25, 0.3) is 0 Å². The molecule has 0 unspecified atom stereocenters. The standard InChI is InChI=1S/C13H22ClN5/c1-3-19(4-2)13-17-11(14)16-12(18-13)15-9-10-7-5-6-8-10/h10H,3-9H2,1-2H3,(H,15,16,17,18). The lowest BCUT2D eigenvalue weighted by atomic mass is 10.1. The zero-order valence-corrected chi connectivity index (χ0v) is 12.4. The SMILES string of the molecule is CCN(CC)c1nc(Cl)nc(NCC2CCCC2)n1. The van der Waals surface area contributed by atoms with Gasteiger partial charge in [-0.05, 0) is 44.2 Å². The summed E-state index contributed by atoms with van der Waals surface area (Å²) in [6.45, 7) is 6.80. The summed E-state index contributed by atoms with van der Waals surface area (Å²) in [7, 11) is 0. The predicted octanol–water partition coefficient (Wildman–Crippen LogP) is 2.97. The molecule has 1 N–H and O–H groups in total. The van der Waals surface area contributed by atoms with Crippen molar-refractivity contribution in [1.82, 2.24) is 15.0 Å². The highest BCUT2D eigenvalue weighted by Crippen LogP contribution is 2.24. The van der Waals surface area contributed by atoms with E-state index in [0.717, 1.165) is 25.6 Å². The van der Waals surface area contributed by atoms with E-state index in [4.69, 9.17) is 11.6 Å². The van der Waals surface area contributed by atoms with Crippen LogP contribution in [0.5, 0.6) is 0 Å². The second kappa shape index (κ2) is 6.89. The number of rotatable bonds is 6. The van der Waals surface area contributed by atoms with Crippen molar-refractivity contribution in [3.8, 4) is 0 Å². The maximum Gasteiger partial charge on any atom is 0.231 e. The van der Waals surface area contributed by atoms with Gasteiger partial charge in [0.25, 0.3) is 0 Å². The van der Waals surface area contributed by atoms with Gasteiger partial charge in [-0.15, -0.1) is 0 Å². The Balaban J connectivity index is 2.03. The number of hydrogen-bond acceptors (Lipinski definition) is 5. The maximum atomic E-state index is 5.97. The topological polar surface area (TPSA) is 53.9 Å². The minimum atomic E-state index is 0.255. The average molecular weight is 284 g/mol. The summed E-state index contributed by atoms with van der Waals surface area (Å²) < 4.78 is 0. The van der Waals surface area contributed by atoms with Crippen LogP contribution in [0.3, 0.4) is 0 Å². The molecule has 1 aromatic heterocycles. The molecule has 1 aromatic rings. The number of anilines is 2. The van der Waals surface area contributed by atoms with Crippen LogP contribution in [-0.2, 0) is 0 Å². The van der Waals surface area contributed by atoms with E-state index in [2.05, 4.69) is 39.0 Å². The van der Waals surface area contributed by atoms with Gasteiger partial charge in [0.05, 0.1) is 0 Å². The zero-order chi connectivity index (χ0) is 13.7. The van der Waals surface area contributed by atoms with Crippen LogP contribution in [0.1, 0.15) is 39.5 Å². The largest absolute Gasteiger partial charge is 0.354 e. The van der Waals surface area contributed by atoms with Crippen LogP contribution in [0.2, 0.25) is 5.28 Å². The van der Waals surface area contributed by atoms with Gasteiger partial charge in [-0.1, -0.05) is 12.8 Å². The van der Waals surface area contributed by atoms with Gasteiger partial charge in [-0.25, -0.2) is 0 Å². The lowest BCUT2D eigenvalue weighted by Crippen LogP contribution is -2.25. The summed E-state index contributed by atoms with van der Waals surface area (Å²) in [5, 5.41) is 3.55. The Labute approximate surface area is 119 Å². The molecule has 0 spiro atoms. The first-order chi connectivity index (χ1) is 9.22. The highest BCUT2D eigenvalue weighted by atomic mass is 35.5. The first-order valence-corrected chi connectivity index (χ1v) is 7.51. The smallest absolute Gasteiger partial charge is 0.231 e. The molecule has 1 fully saturated rings. The summed E-state index contributed by atoms with van der Waals surface area (Å²) in [6.07, 6.45) is 5.29. The molecule has 6 heteroatoms. The number of hydrogen-bond donors (Lipinski definition) is 1. The number of halogens is 1. The molecule has 1 aliphatic carbocycles. The first kappa shape index (κ1) is 14.3. The second-order valence-electron chi connectivity index (χ2n) is 4.93. The third-order valence-corrected chi connectivity index (χ3v) is 3.84. The normalized spacial score (nSPS) is 15.7. The van der Waals surface area contributed by atoms with E-state index in [1.807, 2.05) is 0 Å². The fourth-order valence-electron chi connectivity index (χ4n) is 2.52. The Bertz CT molecular complexity index is 402. The molecule has 19 heavy (non-hydrogen) atoms. The molecule has 5 nitrogen and oxygen atoms in total. The molecule has 0 radical (unpaired) electrons. The summed E-state index contributed by atoms with van der Waals surface area (Å²) in [5.41, 5.74) is 0. The van der Waals surface area contributed by atoms with Crippen molar-refractivity contribution < 1.29 is 0 Å². The van der Waals surface area contributed by atoms with Crippen molar-refractivity contribution in [3.05, 3.63) is 5.28 Å². The Kier molecular flexibility index (Phi) is 5.19. The highest BCUT2D eigenvalue weighted by Gasteiger charge is 2.16. The Morgan fingerprint density at radius 1 is 1.16 bits per heavy atom. The van der Waals surface area contributed by atoms with E-state index in [0.29, 0.717) is 11.9 Å². The molecule has 0 saturated heterocycles. The molecular weight excluding hydrogens is 262 g/mol. The minimum Gasteiger partial charge on any atom is -0.354 e. The van der Waals surface area contributed by atoms with E-state index in [1.54, 1.807) is 0 Å². The Morgan fingerprint density at radius 2 is 1.84 bits per heavy atom. The van der Waals surface area contributed by atoms with E-state index in [-0.39, 0.29) is 5.28 Å². The van der Waals surface area contributed by atoms with Crippen molar-refractivity contribution in [1.29, 1.82) is 0 Å². The quantitative estimate of drug-likeness (QED) is 0.870. The molecule has 1 heterocycles. The Hall–Kier alpha value is -1.10. The molecule has 1 aliphatic rings. The van der Waals surface area contributed by atoms with Gasteiger partial charge in [0.15, 0.2) is 0 Å². The fraction of sp³-hybridized carbons (Fsp3) is 0.769. The van der Waals surface area contributed by atoms with Gasteiger partial charge in [0.1, 0.15) is 0 Å². The van der Waals surface area contributed by atoms with E-state index in [9.17, 15) is 0 Å². The summed E-state index contributed by atoms with van der Waals surface area (Å²) in [4.78, 5) is 14.8. The van der Waals surface area contributed by atoms with Gasteiger partial charge in [-0.3, -0.25) is 0 Å². The summed E-state index contributed by atoms with van der Waals surface area (Å²) >= 11 is 5.97. The fourth-order valence-corrected chi connectivity index (χ4v) is 2.67. The van der Waals surface area contributed by atoms with Crippen molar-refractivity contribution in [2.75, 3.05) is 29.9 Å². The summed E-state index contributed by atoms with van der Waals surface area (Å²) in [6, 6.07) is 0. The van der Waals surface area contributed by atoms with Crippen LogP contribution < -0.4 is 10.2 Å². The van der Waals surface area contributed by atoms with E-state index >= 15 is 0 Å². The van der Waals surface area contributed by atoms with E-state index in [1.165, 1.54) is 25.7 Å². The first-order valence-electron chi connectivity index (χ1n) is 7.13. The van der Waals surface area contributed by atoms with E-state index < -0.39 is 0 Å². The monoisotopic (exact) mass is 283 g/mol. The number of nitrogens with zero attached hydrogens (tertiary/aromatic N) is 4. The zero-order valence-electron chi connectivity index (χ0n) is 11.7. The van der Waals surface area contributed by atoms with Crippen molar-refractivity contribution in [3.63, 3.8) is 0 Å². The van der Waals surface area contributed by atoms with Crippen molar-refractivity contribution >= 4 is 23.5 Å². The average Bonchev–Trinajstić information content (AvgIpc) is 2.90. The van der Waals surface area contributed by atoms with Gasteiger partial charge in [-0.2, -0.15) is 15.0 Å². The van der Waals surface area contributed by atoms with Crippen LogP contribution in [-0.4, -0.2) is 34.6 Å². The molecule has 0 aromatic carbocycles. The van der Waals surface area contributed by atoms with Crippen LogP contribution in [0.15, 0.2) is 0 Å². The number of aromatic nitrogens is 3. The molecule has 0 atom stereocenters. The van der Waals surface area contributed by atoms with Crippen molar-refractivity contribution in [2.24, 2.45) is 5.92 Å². The third kappa shape index (κ3) is 3.93. The van der Waals surface area contributed by atoms with Gasteiger partial charge in [0, 0.05) is 19.6 Å². The molecule has 0 aliphatic heterocycles. The molecule has 1 saturated carbocycles. The molecular formula is C13H22ClN5. The van der Waals surface area contributed by atoms with Crippen LogP contribution in [0, 0.1) is 5.92 Å². The lowest BCUT2D eigenvalue weighted by Gasteiger charge is -2.19. The molecule has 106 valence electrons. The lowest BCUT2D eigenvalue weighted by molar-refractivity contribution is 0.577. The van der Waals surface area contributed by atoms with Crippen LogP contribution in [0.4, 0.5) is 11.9 Å². The highest BCUT2D eigenvalue weighted by molar-refractivity contribution is 6.28.